The highest BCUT2D eigenvalue weighted by Gasteiger charge is 2.26. The van der Waals surface area contributed by atoms with Gasteiger partial charge in [-0.3, -0.25) is 9.59 Å². The van der Waals surface area contributed by atoms with Gasteiger partial charge in [0.05, 0.1) is 6.61 Å². The second-order valence-corrected chi connectivity index (χ2v) is 6.03. The molecule has 3 amide bonds. The molecule has 0 spiro atoms. The Morgan fingerprint density at radius 3 is 2.28 bits per heavy atom. The zero-order chi connectivity index (χ0) is 18.8. The molecule has 8 nitrogen and oxygen atoms in total. The first-order chi connectivity index (χ1) is 11.8. The van der Waals surface area contributed by atoms with Crippen LogP contribution in [-0.4, -0.2) is 41.7 Å². The molecule has 0 bridgehead atoms. The topological polar surface area (TPSA) is 131 Å². The predicted molar refractivity (Wildman–Crippen MR) is 91.2 cm³/mol. The van der Waals surface area contributed by atoms with E-state index in [1.165, 1.54) is 0 Å². The highest BCUT2D eigenvalue weighted by atomic mass is 16.5. The Morgan fingerprint density at radius 2 is 1.76 bits per heavy atom. The second-order valence-electron chi connectivity index (χ2n) is 6.03. The van der Waals surface area contributed by atoms with Crippen molar-refractivity contribution >= 4 is 17.9 Å². The number of carbonyl (C=O) groups excluding carboxylic acids is 3. The maximum atomic E-state index is 12.3. The Kier molecular flexibility index (Phi) is 8.42. The Bertz CT molecular complexity index is 577. The Balaban J connectivity index is 2.63. The van der Waals surface area contributed by atoms with Crippen molar-refractivity contribution in [1.82, 2.24) is 10.6 Å². The van der Waals surface area contributed by atoms with Crippen LogP contribution in [0.4, 0.5) is 4.79 Å². The van der Waals surface area contributed by atoms with Crippen LogP contribution in [0.3, 0.4) is 0 Å². The quantitative estimate of drug-likeness (QED) is 0.508. The maximum absolute atomic E-state index is 12.3. The van der Waals surface area contributed by atoms with E-state index in [2.05, 4.69) is 10.6 Å². The molecule has 0 aromatic heterocycles. The molecule has 0 saturated carbocycles. The molecule has 0 radical (unpaired) electrons. The van der Waals surface area contributed by atoms with Crippen LogP contribution in [0.2, 0.25) is 0 Å². The molecule has 25 heavy (non-hydrogen) atoms. The summed E-state index contributed by atoms with van der Waals surface area (Å²) < 4.78 is 5.10. The summed E-state index contributed by atoms with van der Waals surface area (Å²) in [7, 11) is 0. The van der Waals surface area contributed by atoms with Gasteiger partial charge in [0.25, 0.3) is 0 Å². The first kappa shape index (κ1) is 20.4. The highest BCUT2D eigenvalue weighted by Crippen LogP contribution is 2.07. The number of alkyl carbamates (subject to hydrolysis) is 1. The van der Waals surface area contributed by atoms with Crippen LogP contribution in [0, 0.1) is 5.92 Å². The van der Waals surface area contributed by atoms with Gasteiger partial charge in [-0.2, -0.15) is 0 Å². The molecule has 0 aliphatic heterocycles. The molecule has 1 rings (SSSR count). The molecule has 5 N–H and O–H groups in total. The second kappa shape index (κ2) is 10.3. The van der Waals surface area contributed by atoms with Crippen LogP contribution in [-0.2, 0) is 20.9 Å². The lowest BCUT2D eigenvalue weighted by Crippen LogP contribution is -2.54. The largest absolute Gasteiger partial charge is 0.445 e. The smallest absolute Gasteiger partial charge is 0.408 e. The van der Waals surface area contributed by atoms with Crippen LogP contribution in [0.25, 0.3) is 0 Å². The van der Waals surface area contributed by atoms with Crippen molar-refractivity contribution in [2.45, 2.75) is 39.0 Å². The number of amides is 3. The highest BCUT2D eigenvalue weighted by molar-refractivity contribution is 5.90. The van der Waals surface area contributed by atoms with Crippen molar-refractivity contribution in [1.29, 1.82) is 0 Å². The molecule has 8 heteroatoms. The molecule has 2 atom stereocenters. The Morgan fingerprint density at radius 1 is 1.12 bits per heavy atom. The lowest BCUT2D eigenvalue weighted by Gasteiger charge is -2.22. The summed E-state index contributed by atoms with van der Waals surface area (Å²) in [6.45, 7) is 3.22. The fraction of sp³-hybridized carbons (Fsp3) is 0.471. The standard InChI is InChI=1S/C17H25N3O5/c1-11(2)8-13(16(23)19-14(9-21)15(18)22)20-17(24)25-10-12-6-4-3-5-7-12/h3-7,11,13-14,21H,8-10H2,1-2H3,(H2,18,22)(H,19,23)(H,20,24)/t13-,14-/m0/s1. The number of ether oxygens (including phenoxy) is 1. The first-order valence-corrected chi connectivity index (χ1v) is 8.01. The first-order valence-electron chi connectivity index (χ1n) is 8.01. The molecular weight excluding hydrogens is 326 g/mol. The van der Waals surface area contributed by atoms with Gasteiger partial charge in [0.2, 0.25) is 11.8 Å². The number of carbonyl (C=O) groups is 3. The van der Waals surface area contributed by atoms with Crippen molar-refractivity contribution in [2.75, 3.05) is 6.61 Å². The third kappa shape index (κ3) is 7.67. The average Bonchev–Trinajstić information content (AvgIpc) is 2.57. The van der Waals surface area contributed by atoms with E-state index in [1.54, 1.807) is 0 Å². The van der Waals surface area contributed by atoms with Gasteiger partial charge in [0, 0.05) is 0 Å². The van der Waals surface area contributed by atoms with E-state index in [-0.39, 0.29) is 12.5 Å². The number of benzene rings is 1. The normalized spacial score (nSPS) is 13.0. The lowest BCUT2D eigenvalue weighted by molar-refractivity contribution is -0.129. The van der Waals surface area contributed by atoms with E-state index in [0.717, 1.165) is 5.56 Å². The van der Waals surface area contributed by atoms with Gasteiger partial charge in [-0.05, 0) is 17.9 Å². The minimum Gasteiger partial charge on any atom is -0.445 e. The van der Waals surface area contributed by atoms with Crippen molar-refractivity contribution in [3.63, 3.8) is 0 Å². The molecule has 0 fully saturated rings. The van der Waals surface area contributed by atoms with Gasteiger partial charge in [-0.25, -0.2) is 4.79 Å². The van der Waals surface area contributed by atoms with E-state index in [0.29, 0.717) is 6.42 Å². The van der Waals surface area contributed by atoms with Crippen LogP contribution >= 0.6 is 0 Å². The lowest BCUT2D eigenvalue weighted by atomic mass is 10.0. The van der Waals surface area contributed by atoms with E-state index < -0.39 is 36.6 Å². The molecule has 0 aliphatic rings. The van der Waals surface area contributed by atoms with Gasteiger partial charge in [-0.1, -0.05) is 44.2 Å². The van der Waals surface area contributed by atoms with Crippen molar-refractivity contribution in [3.05, 3.63) is 35.9 Å². The zero-order valence-corrected chi connectivity index (χ0v) is 14.4. The minimum absolute atomic E-state index is 0.0727. The summed E-state index contributed by atoms with van der Waals surface area (Å²) in [5.74, 6) is -1.36. The van der Waals surface area contributed by atoms with E-state index in [4.69, 9.17) is 15.6 Å². The molecule has 0 heterocycles. The van der Waals surface area contributed by atoms with Crippen LogP contribution in [0.1, 0.15) is 25.8 Å². The molecule has 1 aromatic rings. The molecule has 0 unspecified atom stereocenters. The SMILES string of the molecule is CC(C)C[C@H](NC(=O)OCc1ccccc1)C(=O)N[C@@H](CO)C(N)=O. The third-order valence-corrected chi connectivity index (χ3v) is 3.37. The number of nitrogens with one attached hydrogen (secondary N) is 2. The number of rotatable bonds is 9. The number of primary amides is 1. The van der Waals surface area contributed by atoms with Gasteiger partial charge in [0.15, 0.2) is 0 Å². The fourth-order valence-electron chi connectivity index (χ4n) is 2.09. The monoisotopic (exact) mass is 351 g/mol. The summed E-state index contributed by atoms with van der Waals surface area (Å²) in [6, 6.07) is 7.01. The summed E-state index contributed by atoms with van der Waals surface area (Å²) in [6.07, 6.45) is -0.410. The van der Waals surface area contributed by atoms with E-state index >= 15 is 0 Å². The minimum atomic E-state index is -1.20. The van der Waals surface area contributed by atoms with Crippen molar-refractivity contribution in [2.24, 2.45) is 11.7 Å². The number of aliphatic hydroxyl groups is 1. The number of aliphatic hydroxyl groups excluding tert-OH is 1. The number of hydrogen-bond acceptors (Lipinski definition) is 5. The van der Waals surface area contributed by atoms with Crippen LogP contribution in [0.15, 0.2) is 30.3 Å². The summed E-state index contributed by atoms with van der Waals surface area (Å²) >= 11 is 0. The Hall–Kier alpha value is -2.61. The molecule has 138 valence electrons. The van der Waals surface area contributed by atoms with Gasteiger partial charge in [-0.15, -0.1) is 0 Å². The third-order valence-electron chi connectivity index (χ3n) is 3.37. The van der Waals surface area contributed by atoms with Crippen LogP contribution in [0.5, 0.6) is 0 Å². The molecule has 0 saturated heterocycles. The Labute approximate surface area is 146 Å². The summed E-state index contributed by atoms with van der Waals surface area (Å²) in [5.41, 5.74) is 5.90. The molecular formula is C17H25N3O5. The maximum Gasteiger partial charge on any atom is 0.408 e. The van der Waals surface area contributed by atoms with Gasteiger partial charge < -0.3 is 26.2 Å². The van der Waals surface area contributed by atoms with Crippen LogP contribution < -0.4 is 16.4 Å². The predicted octanol–water partition coefficient (Wildman–Crippen LogP) is 0.290. The summed E-state index contributed by atoms with van der Waals surface area (Å²) in [5, 5.41) is 13.9. The zero-order valence-electron chi connectivity index (χ0n) is 14.4. The number of hydrogen-bond donors (Lipinski definition) is 4. The van der Waals surface area contributed by atoms with Gasteiger partial charge in [0.1, 0.15) is 18.7 Å². The number of nitrogens with two attached hydrogens (primary N) is 1. The summed E-state index contributed by atoms with van der Waals surface area (Å²) in [4.78, 5) is 35.3. The fourth-order valence-corrected chi connectivity index (χ4v) is 2.09. The van der Waals surface area contributed by atoms with Crippen molar-refractivity contribution in [3.8, 4) is 0 Å². The molecule has 0 aliphatic carbocycles. The molecule has 1 aromatic carbocycles. The van der Waals surface area contributed by atoms with Crippen molar-refractivity contribution < 1.29 is 24.2 Å². The van der Waals surface area contributed by atoms with E-state index in [1.807, 2.05) is 44.2 Å². The van der Waals surface area contributed by atoms with E-state index in [9.17, 15) is 14.4 Å². The van der Waals surface area contributed by atoms with Gasteiger partial charge >= 0.3 is 6.09 Å². The average molecular weight is 351 g/mol.